The average molecular weight is 599 g/mol. The van der Waals surface area contributed by atoms with Gasteiger partial charge in [0.2, 0.25) is 0 Å². The maximum absolute atomic E-state index is 13.5. The number of nitrogens with one attached hydrogen (secondary N) is 1. The van der Waals surface area contributed by atoms with Crippen LogP contribution in [0, 0.1) is 5.82 Å². The Morgan fingerprint density at radius 2 is 1.79 bits per heavy atom. The number of aromatic nitrogens is 4. The largest absolute Gasteiger partial charge is 0.490 e. The number of carboxylic acids is 1. The summed E-state index contributed by atoms with van der Waals surface area (Å²) >= 11 is 0. The zero-order chi connectivity index (χ0) is 31.3. The smallest absolute Gasteiger partial charge is 0.475 e. The SMILES string of the molecule is CC(C)n1cnc(C2CN(C(=O)c3ccccn3)c3ccc(C(=O)NCc4cccc(F)c4)cc32)n1.O=C(O)C(F)(F)F. The Balaban J connectivity index is 0.000000541. The van der Waals surface area contributed by atoms with E-state index in [9.17, 15) is 27.2 Å². The highest BCUT2D eigenvalue weighted by Crippen LogP contribution is 2.40. The number of hydrogen-bond donors (Lipinski definition) is 2. The Morgan fingerprint density at radius 3 is 2.40 bits per heavy atom. The fraction of sp³-hybridized carbons (Fsp3) is 0.241. The van der Waals surface area contributed by atoms with E-state index in [-0.39, 0.29) is 36.1 Å². The second-order valence-corrected chi connectivity index (χ2v) is 9.75. The van der Waals surface area contributed by atoms with Gasteiger partial charge in [0.05, 0.1) is 5.92 Å². The Kier molecular flexibility index (Phi) is 9.17. The summed E-state index contributed by atoms with van der Waals surface area (Å²) in [6.07, 6.45) is -1.82. The van der Waals surface area contributed by atoms with Crippen LogP contribution in [-0.4, -0.2) is 55.4 Å². The summed E-state index contributed by atoms with van der Waals surface area (Å²) in [6, 6.07) is 16.7. The molecule has 1 aliphatic rings. The van der Waals surface area contributed by atoms with E-state index in [4.69, 9.17) is 9.90 Å². The molecule has 1 unspecified atom stereocenters. The van der Waals surface area contributed by atoms with Crippen LogP contribution in [0.1, 0.15) is 63.6 Å². The third-order valence-corrected chi connectivity index (χ3v) is 6.40. The van der Waals surface area contributed by atoms with Crippen molar-refractivity contribution in [2.75, 3.05) is 11.4 Å². The second kappa shape index (κ2) is 12.8. The summed E-state index contributed by atoms with van der Waals surface area (Å²) in [5, 5.41) is 14.6. The Bertz CT molecular complexity index is 1620. The lowest BCUT2D eigenvalue weighted by Gasteiger charge is -2.17. The van der Waals surface area contributed by atoms with Crippen molar-refractivity contribution in [3.63, 3.8) is 0 Å². The molecule has 0 bridgehead atoms. The van der Waals surface area contributed by atoms with Crippen LogP contribution in [0.5, 0.6) is 0 Å². The van der Waals surface area contributed by atoms with E-state index in [0.717, 1.165) is 5.56 Å². The molecule has 4 aromatic rings. The van der Waals surface area contributed by atoms with Crippen molar-refractivity contribution >= 4 is 23.5 Å². The molecule has 0 saturated heterocycles. The maximum atomic E-state index is 13.5. The number of halogens is 4. The number of carbonyl (C=O) groups is 3. The van der Waals surface area contributed by atoms with Gasteiger partial charge in [-0.15, -0.1) is 0 Å². The molecular weight excluding hydrogens is 572 g/mol. The van der Waals surface area contributed by atoms with Gasteiger partial charge in [-0.3, -0.25) is 19.3 Å². The van der Waals surface area contributed by atoms with Crippen molar-refractivity contribution < 1.29 is 37.1 Å². The Labute approximate surface area is 243 Å². The van der Waals surface area contributed by atoms with E-state index >= 15 is 0 Å². The first kappa shape index (κ1) is 30.8. The van der Waals surface area contributed by atoms with E-state index < -0.39 is 12.1 Å². The van der Waals surface area contributed by atoms with Gasteiger partial charge in [0.25, 0.3) is 11.8 Å². The maximum Gasteiger partial charge on any atom is 0.490 e. The van der Waals surface area contributed by atoms with Crippen molar-refractivity contribution in [2.45, 2.75) is 38.5 Å². The fourth-order valence-corrected chi connectivity index (χ4v) is 4.27. The number of aliphatic carboxylic acids is 1. The highest BCUT2D eigenvalue weighted by Gasteiger charge is 2.38. The molecule has 3 heterocycles. The summed E-state index contributed by atoms with van der Waals surface area (Å²) in [6.45, 7) is 4.56. The standard InChI is InChI=1S/C27H25FN6O2.C2HF3O2/c1-17(2)34-16-31-25(32-34)22-15-33(27(36)23-8-3-4-11-29-23)24-10-9-19(13-21(22)24)26(35)30-14-18-6-5-7-20(28)12-18;3-2(4,5)1(6)7/h3-13,16-17,22H,14-15H2,1-2H3,(H,30,35);(H,6,7). The number of carboxylic acid groups (broad SMARTS) is 1. The van der Waals surface area contributed by atoms with Crippen molar-refractivity contribution in [3.05, 3.63) is 107 Å². The van der Waals surface area contributed by atoms with Crippen molar-refractivity contribution in [1.29, 1.82) is 0 Å². The quantitative estimate of drug-likeness (QED) is 0.307. The van der Waals surface area contributed by atoms with Crippen LogP contribution < -0.4 is 10.2 Å². The predicted molar refractivity (Wildman–Crippen MR) is 146 cm³/mol. The van der Waals surface area contributed by atoms with Crippen LogP contribution in [0.15, 0.2) is 73.2 Å². The van der Waals surface area contributed by atoms with E-state index in [1.54, 1.807) is 70.6 Å². The number of benzene rings is 2. The summed E-state index contributed by atoms with van der Waals surface area (Å²) < 4.78 is 47.0. The van der Waals surface area contributed by atoms with Gasteiger partial charge in [-0.25, -0.2) is 14.2 Å². The Morgan fingerprint density at radius 1 is 1.05 bits per heavy atom. The van der Waals surface area contributed by atoms with E-state index in [0.29, 0.717) is 34.9 Å². The third-order valence-electron chi connectivity index (χ3n) is 6.40. The molecule has 0 radical (unpaired) electrons. The third kappa shape index (κ3) is 7.39. The minimum absolute atomic E-state index is 0.137. The molecule has 1 aliphatic heterocycles. The average Bonchev–Trinajstić information content (AvgIpc) is 3.61. The molecule has 2 aromatic carbocycles. The normalized spacial score (nSPS) is 14.1. The fourth-order valence-electron chi connectivity index (χ4n) is 4.27. The van der Waals surface area contributed by atoms with Crippen molar-refractivity contribution in [1.82, 2.24) is 25.1 Å². The minimum atomic E-state index is -5.08. The number of hydrogen-bond acceptors (Lipinski definition) is 6. The molecule has 5 rings (SSSR count). The Hall–Kier alpha value is -5.14. The number of fused-ring (bicyclic) bond motifs is 1. The van der Waals surface area contributed by atoms with Gasteiger partial charge < -0.3 is 15.3 Å². The molecular formula is C29H26F4N6O4. The number of nitrogens with zero attached hydrogens (tertiary/aromatic N) is 5. The van der Waals surface area contributed by atoms with E-state index in [2.05, 4.69) is 20.4 Å². The van der Waals surface area contributed by atoms with Gasteiger partial charge in [0, 0.05) is 36.6 Å². The monoisotopic (exact) mass is 598 g/mol. The highest BCUT2D eigenvalue weighted by atomic mass is 19.4. The summed E-state index contributed by atoms with van der Waals surface area (Å²) in [5.74, 6) is -3.36. The van der Waals surface area contributed by atoms with Gasteiger partial charge in [0.15, 0.2) is 5.82 Å². The molecule has 2 N–H and O–H groups in total. The van der Waals surface area contributed by atoms with Crippen molar-refractivity contribution in [3.8, 4) is 0 Å². The highest BCUT2D eigenvalue weighted by molar-refractivity contribution is 6.07. The van der Waals surface area contributed by atoms with Crippen LogP contribution in [0.4, 0.5) is 23.2 Å². The molecule has 2 amide bonds. The van der Waals surface area contributed by atoms with Crippen LogP contribution >= 0.6 is 0 Å². The topological polar surface area (TPSA) is 130 Å². The summed E-state index contributed by atoms with van der Waals surface area (Å²) in [5.41, 5.74) is 2.92. The van der Waals surface area contributed by atoms with Crippen LogP contribution in [-0.2, 0) is 11.3 Å². The summed E-state index contributed by atoms with van der Waals surface area (Å²) in [7, 11) is 0. The van der Waals surface area contributed by atoms with Crippen molar-refractivity contribution in [2.24, 2.45) is 0 Å². The number of carbonyl (C=O) groups excluding carboxylic acids is 2. The molecule has 0 fully saturated rings. The minimum Gasteiger partial charge on any atom is -0.475 e. The predicted octanol–water partition coefficient (Wildman–Crippen LogP) is 4.75. The zero-order valence-corrected chi connectivity index (χ0v) is 22.9. The molecule has 0 spiro atoms. The van der Waals surface area contributed by atoms with Crippen LogP contribution in [0.3, 0.4) is 0 Å². The van der Waals surface area contributed by atoms with Gasteiger partial charge in [0.1, 0.15) is 17.8 Å². The number of pyridine rings is 1. The lowest BCUT2D eigenvalue weighted by atomic mass is 9.98. The molecule has 0 saturated carbocycles. The molecule has 0 aliphatic carbocycles. The lowest BCUT2D eigenvalue weighted by molar-refractivity contribution is -0.192. The number of rotatable bonds is 6. The molecule has 14 heteroatoms. The zero-order valence-electron chi connectivity index (χ0n) is 22.9. The number of alkyl halides is 3. The second-order valence-electron chi connectivity index (χ2n) is 9.75. The van der Waals surface area contributed by atoms with Gasteiger partial charge in [-0.1, -0.05) is 18.2 Å². The van der Waals surface area contributed by atoms with E-state index in [1.165, 1.54) is 12.1 Å². The lowest BCUT2D eigenvalue weighted by Crippen LogP contribution is -2.30. The van der Waals surface area contributed by atoms with Gasteiger partial charge in [-0.05, 0) is 67.4 Å². The number of anilines is 1. The molecule has 43 heavy (non-hydrogen) atoms. The molecule has 10 nitrogen and oxygen atoms in total. The van der Waals surface area contributed by atoms with Crippen LogP contribution in [0.2, 0.25) is 0 Å². The molecule has 224 valence electrons. The molecule has 2 aromatic heterocycles. The van der Waals surface area contributed by atoms with Crippen LogP contribution in [0.25, 0.3) is 0 Å². The van der Waals surface area contributed by atoms with Gasteiger partial charge >= 0.3 is 12.1 Å². The number of amides is 2. The molecule has 1 atom stereocenters. The first-order valence-electron chi connectivity index (χ1n) is 13.0. The van der Waals surface area contributed by atoms with E-state index in [1.807, 2.05) is 13.8 Å². The first-order valence-corrected chi connectivity index (χ1v) is 13.0. The first-order chi connectivity index (χ1) is 20.3. The van der Waals surface area contributed by atoms with Gasteiger partial charge in [-0.2, -0.15) is 18.3 Å². The summed E-state index contributed by atoms with van der Waals surface area (Å²) in [4.78, 5) is 45.5.